The summed E-state index contributed by atoms with van der Waals surface area (Å²) < 4.78 is 5.12. The maximum atomic E-state index is 11.8. The van der Waals surface area contributed by atoms with Crippen LogP contribution in [-0.2, 0) is 18.0 Å². The van der Waals surface area contributed by atoms with Crippen molar-refractivity contribution in [1.29, 1.82) is 0 Å². The van der Waals surface area contributed by atoms with Crippen molar-refractivity contribution in [2.24, 2.45) is 0 Å². The number of aliphatic hydroxyl groups is 1. The number of benzene rings is 2. The molecule has 0 saturated carbocycles. The molecule has 0 atom stereocenters. The van der Waals surface area contributed by atoms with Crippen molar-refractivity contribution in [3.63, 3.8) is 0 Å². The Morgan fingerprint density at radius 3 is 2.14 bits per heavy atom. The lowest BCUT2D eigenvalue weighted by Gasteiger charge is -2.05. The fourth-order valence-corrected chi connectivity index (χ4v) is 1.69. The van der Waals surface area contributed by atoms with Crippen molar-refractivity contribution < 1.29 is 19.6 Å². The summed E-state index contributed by atoms with van der Waals surface area (Å²) in [5, 5.41) is 19.4. The Labute approximate surface area is 120 Å². The Kier molecular flexibility index (Phi) is 4.63. The molecule has 1 N–H and O–H groups in total. The molecule has 21 heavy (non-hydrogen) atoms. The summed E-state index contributed by atoms with van der Waals surface area (Å²) in [6.45, 7) is -0.0449. The highest BCUT2D eigenvalue weighted by Crippen LogP contribution is 2.13. The van der Waals surface area contributed by atoms with Gasteiger partial charge in [0.15, 0.2) is 0 Å². The summed E-state index contributed by atoms with van der Waals surface area (Å²) in [5.41, 5.74) is 1.75. The van der Waals surface area contributed by atoms with Gasteiger partial charge in [-0.3, -0.25) is 10.1 Å². The van der Waals surface area contributed by atoms with Crippen molar-refractivity contribution in [3.8, 4) is 0 Å². The van der Waals surface area contributed by atoms with Crippen molar-refractivity contribution in [2.75, 3.05) is 0 Å². The first-order valence-electron chi connectivity index (χ1n) is 6.20. The fourth-order valence-electron chi connectivity index (χ4n) is 1.69. The minimum absolute atomic E-state index is 0.00957. The second-order valence-electron chi connectivity index (χ2n) is 4.35. The molecule has 0 heterocycles. The molecular formula is C15H13NO5. The van der Waals surface area contributed by atoms with Crippen LogP contribution in [0.1, 0.15) is 21.5 Å². The first-order valence-corrected chi connectivity index (χ1v) is 6.20. The summed E-state index contributed by atoms with van der Waals surface area (Å²) in [6, 6.07) is 12.2. The summed E-state index contributed by atoms with van der Waals surface area (Å²) in [4.78, 5) is 21.8. The highest BCUT2D eigenvalue weighted by atomic mass is 16.6. The quantitative estimate of drug-likeness (QED) is 0.518. The third-order valence-electron chi connectivity index (χ3n) is 2.89. The van der Waals surface area contributed by atoms with Gasteiger partial charge in [0.25, 0.3) is 5.69 Å². The minimum atomic E-state index is -0.488. The highest BCUT2D eigenvalue weighted by molar-refractivity contribution is 5.89. The van der Waals surface area contributed by atoms with Gasteiger partial charge in [0.1, 0.15) is 6.61 Å². The number of carbonyl (C=O) groups is 1. The van der Waals surface area contributed by atoms with Crippen molar-refractivity contribution in [2.45, 2.75) is 13.2 Å². The van der Waals surface area contributed by atoms with E-state index in [9.17, 15) is 14.9 Å². The molecule has 0 aromatic heterocycles. The van der Waals surface area contributed by atoms with Crippen LogP contribution >= 0.6 is 0 Å². The summed E-state index contributed by atoms with van der Waals surface area (Å²) in [6.07, 6.45) is 0. The molecule has 6 nitrogen and oxygen atoms in total. The zero-order valence-corrected chi connectivity index (χ0v) is 11.1. The number of carbonyl (C=O) groups excluding carboxylic acids is 1. The summed E-state index contributed by atoms with van der Waals surface area (Å²) in [7, 11) is 0. The van der Waals surface area contributed by atoms with Crippen molar-refractivity contribution in [1.82, 2.24) is 0 Å². The molecule has 6 heteroatoms. The van der Waals surface area contributed by atoms with E-state index in [0.717, 1.165) is 0 Å². The highest BCUT2D eigenvalue weighted by Gasteiger charge is 2.08. The van der Waals surface area contributed by atoms with E-state index < -0.39 is 10.9 Å². The largest absolute Gasteiger partial charge is 0.457 e. The molecule has 0 aliphatic rings. The Hall–Kier alpha value is -2.73. The fraction of sp³-hybridized carbons (Fsp3) is 0.133. The van der Waals surface area contributed by atoms with E-state index in [2.05, 4.69) is 0 Å². The number of aliphatic hydroxyl groups excluding tert-OH is 1. The molecule has 0 aliphatic carbocycles. The molecule has 0 unspecified atom stereocenters. The van der Waals surface area contributed by atoms with E-state index in [0.29, 0.717) is 16.7 Å². The Morgan fingerprint density at radius 1 is 1.05 bits per heavy atom. The van der Waals surface area contributed by atoms with Crippen LogP contribution in [0.2, 0.25) is 0 Å². The lowest BCUT2D eigenvalue weighted by atomic mass is 10.1. The summed E-state index contributed by atoms with van der Waals surface area (Å²) >= 11 is 0. The molecule has 0 saturated heterocycles. The zero-order chi connectivity index (χ0) is 15.2. The number of non-ortho nitro benzene ring substituents is 1. The standard InChI is InChI=1S/C15H13NO5/c17-9-11-1-5-13(6-2-11)15(18)21-10-12-3-7-14(8-4-12)16(19)20/h1-8,17H,9-10H2. The molecule has 0 amide bonds. The Morgan fingerprint density at radius 2 is 1.62 bits per heavy atom. The third-order valence-corrected chi connectivity index (χ3v) is 2.89. The predicted molar refractivity (Wildman–Crippen MR) is 74.6 cm³/mol. The summed E-state index contributed by atoms with van der Waals surface area (Å²) in [5.74, 6) is -0.488. The van der Waals surface area contributed by atoms with Crippen LogP contribution in [0.3, 0.4) is 0 Å². The molecule has 0 fully saturated rings. The van der Waals surface area contributed by atoms with Crippen LogP contribution in [0.5, 0.6) is 0 Å². The van der Waals surface area contributed by atoms with Gasteiger partial charge in [-0.25, -0.2) is 4.79 Å². The van der Waals surface area contributed by atoms with Crippen molar-refractivity contribution in [3.05, 3.63) is 75.3 Å². The van der Waals surface area contributed by atoms with Crippen LogP contribution in [-0.4, -0.2) is 16.0 Å². The first kappa shape index (κ1) is 14.7. The second-order valence-corrected chi connectivity index (χ2v) is 4.35. The van der Waals surface area contributed by atoms with Gasteiger partial charge in [-0.2, -0.15) is 0 Å². The maximum absolute atomic E-state index is 11.8. The van der Waals surface area contributed by atoms with Gasteiger partial charge in [-0.1, -0.05) is 12.1 Å². The molecule has 108 valence electrons. The van der Waals surface area contributed by atoms with E-state index in [-0.39, 0.29) is 18.9 Å². The van der Waals surface area contributed by atoms with Crippen LogP contribution in [0.4, 0.5) is 5.69 Å². The minimum Gasteiger partial charge on any atom is -0.457 e. The number of nitrogens with zero attached hydrogens (tertiary/aromatic N) is 1. The number of nitro groups is 1. The molecule has 2 aromatic rings. The van der Waals surface area contributed by atoms with Crippen LogP contribution in [0, 0.1) is 10.1 Å². The van der Waals surface area contributed by atoms with E-state index >= 15 is 0 Å². The normalized spacial score (nSPS) is 10.1. The molecule has 0 bridgehead atoms. The van der Waals surface area contributed by atoms with E-state index in [1.165, 1.54) is 12.1 Å². The zero-order valence-electron chi connectivity index (χ0n) is 11.1. The SMILES string of the molecule is O=C(OCc1ccc([N+](=O)[O-])cc1)c1ccc(CO)cc1. The molecule has 0 spiro atoms. The molecular weight excluding hydrogens is 274 g/mol. The number of esters is 1. The molecule has 2 rings (SSSR count). The van der Waals surface area contributed by atoms with Crippen LogP contribution < -0.4 is 0 Å². The number of ether oxygens (including phenoxy) is 1. The monoisotopic (exact) mass is 287 g/mol. The van der Waals surface area contributed by atoms with Gasteiger partial charge < -0.3 is 9.84 Å². The lowest BCUT2D eigenvalue weighted by molar-refractivity contribution is -0.384. The van der Waals surface area contributed by atoms with Gasteiger partial charge in [0.2, 0.25) is 0 Å². The Bertz CT molecular complexity index is 634. The van der Waals surface area contributed by atoms with Crippen LogP contribution in [0.15, 0.2) is 48.5 Å². The number of hydrogen-bond donors (Lipinski definition) is 1. The molecule has 0 radical (unpaired) electrons. The van der Waals surface area contributed by atoms with Gasteiger partial charge in [-0.15, -0.1) is 0 Å². The third kappa shape index (κ3) is 3.87. The van der Waals surface area contributed by atoms with Gasteiger partial charge in [-0.05, 0) is 35.4 Å². The number of hydrogen-bond acceptors (Lipinski definition) is 5. The molecule has 0 aliphatic heterocycles. The van der Waals surface area contributed by atoms with Gasteiger partial charge in [0, 0.05) is 12.1 Å². The van der Waals surface area contributed by atoms with E-state index in [4.69, 9.17) is 9.84 Å². The maximum Gasteiger partial charge on any atom is 0.338 e. The number of nitro benzene ring substituents is 1. The number of rotatable bonds is 5. The topological polar surface area (TPSA) is 89.7 Å². The average molecular weight is 287 g/mol. The van der Waals surface area contributed by atoms with Gasteiger partial charge in [0.05, 0.1) is 17.1 Å². The molecule has 2 aromatic carbocycles. The predicted octanol–water partition coefficient (Wildman–Crippen LogP) is 2.44. The average Bonchev–Trinajstić information content (AvgIpc) is 2.53. The van der Waals surface area contributed by atoms with E-state index in [1.807, 2.05) is 0 Å². The van der Waals surface area contributed by atoms with E-state index in [1.54, 1.807) is 36.4 Å². The first-order chi connectivity index (χ1) is 10.1. The Balaban J connectivity index is 1.95. The van der Waals surface area contributed by atoms with Gasteiger partial charge >= 0.3 is 5.97 Å². The van der Waals surface area contributed by atoms with Crippen molar-refractivity contribution >= 4 is 11.7 Å². The smallest absolute Gasteiger partial charge is 0.338 e. The van der Waals surface area contributed by atoms with Crippen LogP contribution in [0.25, 0.3) is 0 Å². The lowest BCUT2D eigenvalue weighted by Crippen LogP contribution is -2.05. The second kappa shape index (κ2) is 6.62.